The number of hydrogen-bond donors (Lipinski definition) is 2. The maximum atomic E-state index is 11.4. The average molecular weight is 317 g/mol. The first-order valence-corrected chi connectivity index (χ1v) is 6.76. The highest BCUT2D eigenvalue weighted by Gasteiger charge is 2.19. The predicted molar refractivity (Wildman–Crippen MR) is 82.5 cm³/mol. The number of rotatable bonds is 6. The molecular weight excluding hydrogens is 302 g/mol. The summed E-state index contributed by atoms with van der Waals surface area (Å²) in [6, 6.07) is 7.95. The van der Waals surface area contributed by atoms with Gasteiger partial charge in [-0.15, -0.1) is 0 Å². The maximum Gasteiger partial charge on any atom is 0.339 e. The van der Waals surface area contributed by atoms with Gasteiger partial charge in [0.2, 0.25) is 5.82 Å². The molecule has 0 aliphatic carbocycles. The third-order valence-electron chi connectivity index (χ3n) is 3.16. The molecule has 1 aromatic carbocycles. The van der Waals surface area contributed by atoms with Crippen molar-refractivity contribution in [3.05, 3.63) is 57.8 Å². The normalized spacial score (nSPS) is 10.1. The lowest BCUT2D eigenvalue weighted by Crippen LogP contribution is -2.10. The zero-order chi connectivity index (χ0) is 16.8. The second-order valence-electron chi connectivity index (χ2n) is 4.65. The number of benzene rings is 1. The van der Waals surface area contributed by atoms with E-state index in [1.165, 1.54) is 13.3 Å². The van der Waals surface area contributed by atoms with Crippen molar-refractivity contribution >= 4 is 17.5 Å². The highest BCUT2D eigenvalue weighted by molar-refractivity contribution is 5.90. The van der Waals surface area contributed by atoms with Crippen LogP contribution >= 0.6 is 0 Å². The van der Waals surface area contributed by atoms with Gasteiger partial charge in [-0.3, -0.25) is 10.1 Å². The Labute approximate surface area is 131 Å². The Morgan fingerprint density at radius 3 is 2.83 bits per heavy atom. The number of ether oxygens (including phenoxy) is 1. The molecule has 0 amide bonds. The number of nitrogens with zero attached hydrogens (tertiary/aromatic N) is 2. The predicted octanol–water partition coefficient (Wildman–Crippen LogP) is 2.14. The minimum Gasteiger partial charge on any atom is -0.508 e. The lowest BCUT2D eigenvalue weighted by molar-refractivity contribution is -0.384. The first-order chi connectivity index (χ1) is 11.0. The molecule has 0 spiro atoms. The summed E-state index contributed by atoms with van der Waals surface area (Å²) < 4.78 is 4.51. The molecule has 0 atom stereocenters. The summed E-state index contributed by atoms with van der Waals surface area (Å²) in [7, 11) is 1.19. The summed E-state index contributed by atoms with van der Waals surface area (Å²) in [5.74, 6) is -0.475. The van der Waals surface area contributed by atoms with Gasteiger partial charge in [-0.1, -0.05) is 18.2 Å². The fourth-order valence-corrected chi connectivity index (χ4v) is 2.00. The largest absolute Gasteiger partial charge is 0.508 e. The summed E-state index contributed by atoms with van der Waals surface area (Å²) in [6.07, 6.45) is 1.67. The van der Waals surface area contributed by atoms with E-state index in [1.807, 2.05) is 0 Å². The Balaban J connectivity index is 2.11. The van der Waals surface area contributed by atoms with E-state index in [-0.39, 0.29) is 22.8 Å². The second-order valence-corrected chi connectivity index (χ2v) is 4.65. The van der Waals surface area contributed by atoms with Crippen LogP contribution in [0.25, 0.3) is 0 Å². The van der Waals surface area contributed by atoms with E-state index < -0.39 is 10.9 Å². The molecule has 2 N–H and O–H groups in total. The van der Waals surface area contributed by atoms with Gasteiger partial charge in [-0.2, -0.15) is 0 Å². The third-order valence-corrected chi connectivity index (χ3v) is 3.16. The number of carbonyl (C=O) groups excluding carboxylic acids is 1. The van der Waals surface area contributed by atoms with Crippen molar-refractivity contribution in [1.82, 2.24) is 4.98 Å². The molecule has 0 bridgehead atoms. The highest BCUT2D eigenvalue weighted by atomic mass is 16.6. The molecule has 0 saturated heterocycles. The van der Waals surface area contributed by atoms with Gasteiger partial charge in [0, 0.05) is 18.8 Å². The molecule has 0 unspecified atom stereocenters. The molecule has 0 radical (unpaired) electrons. The number of phenolic OH excluding ortho intramolecular Hbond substituents is 1. The van der Waals surface area contributed by atoms with Gasteiger partial charge in [-0.25, -0.2) is 9.78 Å². The van der Waals surface area contributed by atoms with E-state index in [0.717, 1.165) is 6.07 Å². The number of carbonyl (C=O) groups is 1. The highest BCUT2D eigenvalue weighted by Crippen LogP contribution is 2.23. The molecular formula is C15H15N3O5. The number of para-hydroxylation sites is 1. The second kappa shape index (κ2) is 7.21. The molecule has 2 rings (SSSR count). The standard InChI is InChI=1S/C15H15N3O5/c1-23-15(20)11-8-12(18(21)22)14(17-9-11)16-7-6-10-4-2-3-5-13(10)19/h2-5,8-9,19H,6-7H2,1H3,(H,16,17). The van der Waals surface area contributed by atoms with Crippen LogP contribution in [0.3, 0.4) is 0 Å². The fourth-order valence-electron chi connectivity index (χ4n) is 2.00. The molecule has 8 nitrogen and oxygen atoms in total. The molecule has 8 heteroatoms. The number of esters is 1. The monoisotopic (exact) mass is 317 g/mol. The molecule has 2 aromatic rings. The quantitative estimate of drug-likeness (QED) is 0.476. The van der Waals surface area contributed by atoms with Crippen LogP contribution < -0.4 is 5.32 Å². The zero-order valence-electron chi connectivity index (χ0n) is 12.4. The van der Waals surface area contributed by atoms with Crippen LogP contribution in [0.2, 0.25) is 0 Å². The van der Waals surface area contributed by atoms with E-state index in [2.05, 4.69) is 15.0 Å². The van der Waals surface area contributed by atoms with Crippen molar-refractivity contribution in [3.63, 3.8) is 0 Å². The molecule has 1 heterocycles. The van der Waals surface area contributed by atoms with E-state index in [4.69, 9.17) is 0 Å². The molecule has 0 fully saturated rings. The van der Waals surface area contributed by atoms with Gasteiger partial charge in [0.05, 0.1) is 17.6 Å². The average Bonchev–Trinajstić information content (AvgIpc) is 2.56. The van der Waals surface area contributed by atoms with E-state index in [9.17, 15) is 20.0 Å². The van der Waals surface area contributed by atoms with Gasteiger partial charge < -0.3 is 15.2 Å². The smallest absolute Gasteiger partial charge is 0.339 e. The van der Waals surface area contributed by atoms with Crippen molar-refractivity contribution in [2.24, 2.45) is 0 Å². The molecule has 0 aliphatic heterocycles. The van der Waals surface area contributed by atoms with Crippen LogP contribution in [-0.2, 0) is 11.2 Å². The number of anilines is 1. The van der Waals surface area contributed by atoms with Crippen molar-refractivity contribution in [1.29, 1.82) is 0 Å². The van der Waals surface area contributed by atoms with Crippen LogP contribution in [0.5, 0.6) is 5.75 Å². The van der Waals surface area contributed by atoms with Crippen LogP contribution in [0.4, 0.5) is 11.5 Å². The molecule has 0 aliphatic rings. The molecule has 23 heavy (non-hydrogen) atoms. The van der Waals surface area contributed by atoms with Gasteiger partial charge in [-0.05, 0) is 18.1 Å². The van der Waals surface area contributed by atoms with Crippen molar-refractivity contribution in [2.75, 3.05) is 19.0 Å². The minimum absolute atomic E-state index is 0.00505. The van der Waals surface area contributed by atoms with E-state index >= 15 is 0 Å². The summed E-state index contributed by atoms with van der Waals surface area (Å²) in [4.78, 5) is 25.8. The molecule has 1 aromatic heterocycles. The number of nitrogens with one attached hydrogen (secondary N) is 1. The number of phenols is 1. The van der Waals surface area contributed by atoms with E-state index in [1.54, 1.807) is 24.3 Å². The van der Waals surface area contributed by atoms with Crippen molar-refractivity contribution in [3.8, 4) is 5.75 Å². The zero-order valence-corrected chi connectivity index (χ0v) is 12.4. The van der Waals surface area contributed by atoms with Crippen LogP contribution in [0, 0.1) is 10.1 Å². The van der Waals surface area contributed by atoms with Gasteiger partial charge in [0.1, 0.15) is 5.75 Å². The number of methoxy groups -OCH3 is 1. The SMILES string of the molecule is COC(=O)c1cnc(NCCc2ccccc2O)c([N+](=O)[O-])c1. The first kappa shape index (κ1) is 16.2. The third kappa shape index (κ3) is 3.94. The van der Waals surface area contributed by atoms with Gasteiger partial charge in [0.25, 0.3) is 0 Å². The summed E-state index contributed by atoms with van der Waals surface area (Å²) >= 11 is 0. The summed E-state index contributed by atoms with van der Waals surface area (Å²) in [6.45, 7) is 0.336. The van der Waals surface area contributed by atoms with Crippen LogP contribution in [0.15, 0.2) is 36.5 Å². The van der Waals surface area contributed by atoms with Crippen LogP contribution in [-0.4, -0.2) is 34.6 Å². The fraction of sp³-hybridized carbons (Fsp3) is 0.200. The van der Waals surface area contributed by atoms with Crippen molar-refractivity contribution in [2.45, 2.75) is 6.42 Å². The Kier molecular flexibility index (Phi) is 5.08. The number of hydrogen-bond acceptors (Lipinski definition) is 7. The Morgan fingerprint density at radius 2 is 2.17 bits per heavy atom. The van der Waals surface area contributed by atoms with Gasteiger partial charge in [0.15, 0.2) is 0 Å². The molecule has 0 saturated carbocycles. The Morgan fingerprint density at radius 1 is 1.43 bits per heavy atom. The Bertz CT molecular complexity index is 733. The number of aromatic hydroxyl groups is 1. The lowest BCUT2D eigenvalue weighted by Gasteiger charge is -2.08. The number of nitro groups is 1. The van der Waals surface area contributed by atoms with Gasteiger partial charge >= 0.3 is 11.7 Å². The minimum atomic E-state index is -0.693. The first-order valence-electron chi connectivity index (χ1n) is 6.76. The molecule has 120 valence electrons. The topological polar surface area (TPSA) is 115 Å². The number of aromatic nitrogens is 1. The number of pyridine rings is 1. The van der Waals surface area contributed by atoms with E-state index in [0.29, 0.717) is 18.5 Å². The van der Waals surface area contributed by atoms with Crippen LogP contribution in [0.1, 0.15) is 15.9 Å². The van der Waals surface area contributed by atoms with Crippen molar-refractivity contribution < 1.29 is 19.6 Å². The maximum absolute atomic E-state index is 11.4. The lowest BCUT2D eigenvalue weighted by atomic mass is 10.1. The summed E-state index contributed by atoms with van der Waals surface area (Å²) in [5, 5.41) is 23.6. The summed E-state index contributed by atoms with van der Waals surface area (Å²) in [5.41, 5.74) is 0.407. The Hall–Kier alpha value is -3.16.